The number of fused-ring (bicyclic) bond motifs is 1. The Bertz CT molecular complexity index is 1160. The minimum absolute atomic E-state index is 0.0106. The van der Waals surface area contributed by atoms with Crippen LogP contribution in [0.5, 0.6) is 5.75 Å². The van der Waals surface area contributed by atoms with Crippen LogP contribution in [0.3, 0.4) is 0 Å². The van der Waals surface area contributed by atoms with Crippen molar-refractivity contribution in [2.75, 3.05) is 25.0 Å². The summed E-state index contributed by atoms with van der Waals surface area (Å²) >= 11 is 0. The third-order valence-corrected chi connectivity index (χ3v) is 6.07. The maximum Gasteiger partial charge on any atom is 0.262 e. The van der Waals surface area contributed by atoms with E-state index in [1.165, 1.54) is 0 Å². The van der Waals surface area contributed by atoms with Crippen LogP contribution in [0.15, 0.2) is 67.0 Å². The molecule has 3 heterocycles. The van der Waals surface area contributed by atoms with Gasteiger partial charge in [-0.3, -0.25) is 14.4 Å². The average molecular weight is 429 g/mol. The fourth-order valence-electron chi connectivity index (χ4n) is 4.28. The van der Waals surface area contributed by atoms with Gasteiger partial charge in [-0.25, -0.2) is 0 Å². The molecule has 0 saturated carbocycles. The third kappa shape index (κ3) is 3.89. The van der Waals surface area contributed by atoms with Gasteiger partial charge in [0.2, 0.25) is 0 Å². The van der Waals surface area contributed by atoms with E-state index in [1.54, 1.807) is 18.2 Å². The number of aromatic nitrogens is 1. The first-order chi connectivity index (χ1) is 15.6. The van der Waals surface area contributed by atoms with Gasteiger partial charge in [-0.15, -0.1) is 0 Å². The fourth-order valence-corrected chi connectivity index (χ4v) is 4.28. The number of carbonyl (C=O) groups excluding carboxylic acids is 3. The second kappa shape index (κ2) is 8.34. The summed E-state index contributed by atoms with van der Waals surface area (Å²) in [4.78, 5) is 39.3. The van der Waals surface area contributed by atoms with Crippen LogP contribution in [0.4, 0.5) is 5.69 Å². The molecule has 32 heavy (non-hydrogen) atoms. The highest BCUT2D eigenvalue weighted by atomic mass is 16.5. The van der Waals surface area contributed by atoms with Crippen molar-refractivity contribution in [1.29, 1.82) is 0 Å². The SMILES string of the molecule is O=C1COc2ccc(C(=O)C3CCN(C(=O)c4ccc(-n5cccc5)cc4)CC3)cc2N1. The molecule has 0 bridgehead atoms. The molecule has 7 nitrogen and oxygen atoms in total. The van der Waals surface area contributed by atoms with Gasteiger partial charge in [0, 0.05) is 48.2 Å². The Kier molecular flexibility index (Phi) is 5.23. The predicted octanol–water partition coefficient (Wildman–Crippen LogP) is 3.54. The molecule has 2 aliphatic rings. The molecule has 1 fully saturated rings. The Balaban J connectivity index is 1.21. The fraction of sp³-hybridized carbons (Fsp3) is 0.240. The van der Waals surface area contributed by atoms with Gasteiger partial charge in [-0.2, -0.15) is 0 Å². The first-order valence-electron chi connectivity index (χ1n) is 10.7. The number of likely N-dealkylation sites (tertiary alicyclic amines) is 1. The van der Waals surface area contributed by atoms with Crippen LogP contribution in [0.2, 0.25) is 0 Å². The molecule has 2 aromatic carbocycles. The quantitative estimate of drug-likeness (QED) is 0.644. The molecule has 1 aromatic heterocycles. The van der Waals surface area contributed by atoms with Crippen LogP contribution in [0.25, 0.3) is 5.69 Å². The maximum atomic E-state index is 13.0. The Morgan fingerprint density at radius 1 is 0.938 bits per heavy atom. The van der Waals surface area contributed by atoms with Gasteiger partial charge in [0.15, 0.2) is 12.4 Å². The van der Waals surface area contributed by atoms with Gasteiger partial charge in [-0.05, 0) is 67.4 Å². The second-order valence-corrected chi connectivity index (χ2v) is 8.12. The third-order valence-electron chi connectivity index (χ3n) is 6.07. The second-order valence-electron chi connectivity index (χ2n) is 8.12. The van der Waals surface area contributed by atoms with E-state index < -0.39 is 0 Å². The zero-order chi connectivity index (χ0) is 22.1. The van der Waals surface area contributed by atoms with Gasteiger partial charge in [0.1, 0.15) is 5.75 Å². The normalized spacial score (nSPS) is 16.1. The highest BCUT2D eigenvalue weighted by molar-refractivity contribution is 6.02. The molecule has 3 aromatic rings. The largest absolute Gasteiger partial charge is 0.482 e. The number of nitrogens with one attached hydrogen (secondary N) is 1. The van der Waals surface area contributed by atoms with E-state index in [2.05, 4.69) is 5.32 Å². The molecule has 0 spiro atoms. The molecular formula is C25H23N3O4. The summed E-state index contributed by atoms with van der Waals surface area (Å²) in [6, 6.07) is 16.6. The van der Waals surface area contributed by atoms with E-state index in [4.69, 9.17) is 4.74 Å². The highest BCUT2D eigenvalue weighted by Crippen LogP contribution is 2.31. The average Bonchev–Trinajstić information content (AvgIpc) is 3.38. The smallest absolute Gasteiger partial charge is 0.262 e. The molecule has 1 saturated heterocycles. The van der Waals surface area contributed by atoms with Crippen LogP contribution in [0.1, 0.15) is 33.6 Å². The number of benzene rings is 2. The maximum absolute atomic E-state index is 13.0. The van der Waals surface area contributed by atoms with Crippen molar-refractivity contribution in [3.63, 3.8) is 0 Å². The van der Waals surface area contributed by atoms with Crippen molar-refractivity contribution in [1.82, 2.24) is 9.47 Å². The van der Waals surface area contributed by atoms with Crippen molar-refractivity contribution < 1.29 is 19.1 Å². The summed E-state index contributed by atoms with van der Waals surface area (Å²) in [7, 11) is 0. The summed E-state index contributed by atoms with van der Waals surface area (Å²) in [5.74, 6) is 0.229. The Hall–Kier alpha value is -3.87. The Morgan fingerprint density at radius 2 is 1.62 bits per heavy atom. The lowest BCUT2D eigenvalue weighted by Crippen LogP contribution is -2.40. The predicted molar refractivity (Wildman–Crippen MR) is 119 cm³/mol. The van der Waals surface area contributed by atoms with Gasteiger partial charge >= 0.3 is 0 Å². The van der Waals surface area contributed by atoms with Crippen LogP contribution < -0.4 is 10.1 Å². The van der Waals surface area contributed by atoms with E-state index in [1.807, 2.05) is 58.3 Å². The van der Waals surface area contributed by atoms with Gasteiger partial charge in [-0.1, -0.05) is 0 Å². The number of piperidine rings is 1. The molecular weight excluding hydrogens is 406 g/mol. The molecule has 0 unspecified atom stereocenters. The molecule has 2 aliphatic heterocycles. The number of carbonyl (C=O) groups is 3. The highest BCUT2D eigenvalue weighted by Gasteiger charge is 2.29. The molecule has 162 valence electrons. The molecule has 0 atom stereocenters. The summed E-state index contributed by atoms with van der Waals surface area (Å²) in [5.41, 5.74) is 2.74. The van der Waals surface area contributed by atoms with E-state index in [0.29, 0.717) is 48.5 Å². The molecule has 1 N–H and O–H groups in total. The summed E-state index contributed by atoms with van der Waals surface area (Å²) in [5, 5.41) is 2.74. The molecule has 2 amide bonds. The van der Waals surface area contributed by atoms with Crippen molar-refractivity contribution in [2.45, 2.75) is 12.8 Å². The number of rotatable bonds is 4. The monoisotopic (exact) mass is 429 g/mol. The van der Waals surface area contributed by atoms with Crippen molar-refractivity contribution in [3.05, 3.63) is 78.1 Å². The number of hydrogen-bond donors (Lipinski definition) is 1. The van der Waals surface area contributed by atoms with Gasteiger partial charge in [0.25, 0.3) is 11.8 Å². The number of ketones is 1. The molecule has 5 rings (SSSR count). The minimum atomic E-state index is -0.227. The minimum Gasteiger partial charge on any atom is -0.482 e. The Labute approximate surface area is 185 Å². The zero-order valence-corrected chi connectivity index (χ0v) is 17.5. The van der Waals surface area contributed by atoms with Crippen LogP contribution >= 0.6 is 0 Å². The van der Waals surface area contributed by atoms with Crippen molar-refractivity contribution in [2.24, 2.45) is 5.92 Å². The lowest BCUT2D eigenvalue weighted by Gasteiger charge is -2.31. The molecule has 0 radical (unpaired) electrons. The van der Waals surface area contributed by atoms with E-state index in [0.717, 1.165) is 5.69 Å². The van der Waals surface area contributed by atoms with Gasteiger partial charge in [0.05, 0.1) is 5.69 Å². The van der Waals surface area contributed by atoms with E-state index in [9.17, 15) is 14.4 Å². The van der Waals surface area contributed by atoms with Gasteiger partial charge < -0.3 is 19.5 Å². The number of ether oxygens (including phenoxy) is 1. The Morgan fingerprint density at radius 3 is 2.34 bits per heavy atom. The lowest BCUT2D eigenvalue weighted by molar-refractivity contribution is -0.118. The first kappa shape index (κ1) is 20.1. The van der Waals surface area contributed by atoms with Crippen LogP contribution in [0, 0.1) is 5.92 Å². The number of nitrogens with zero attached hydrogens (tertiary/aromatic N) is 2. The van der Waals surface area contributed by atoms with Crippen molar-refractivity contribution >= 4 is 23.3 Å². The van der Waals surface area contributed by atoms with E-state index >= 15 is 0 Å². The summed E-state index contributed by atoms with van der Waals surface area (Å²) in [6.45, 7) is 1.07. The topological polar surface area (TPSA) is 80.6 Å². The standard InChI is InChI=1S/C25H23N3O4/c29-23-16-32-22-8-5-19(15-21(22)26-23)24(30)17-9-13-28(14-10-17)25(31)18-3-6-20(7-4-18)27-11-1-2-12-27/h1-8,11-12,15,17H,9-10,13-14,16H2,(H,26,29). The zero-order valence-electron chi connectivity index (χ0n) is 17.5. The number of Topliss-reactive ketones (excluding diaryl/α,β-unsaturated/α-hetero) is 1. The first-order valence-corrected chi connectivity index (χ1v) is 10.7. The number of amides is 2. The van der Waals surface area contributed by atoms with Crippen molar-refractivity contribution in [3.8, 4) is 11.4 Å². The molecule has 0 aliphatic carbocycles. The van der Waals surface area contributed by atoms with Crippen LogP contribution in [-0.4, -0.2) is 46.8 Å². The summed E-state index contributed by atoms with van der Waals surface area (Å²) < 4.78 is 7.35. The van der Waals surface area contributed by atoms with Crippen LogP contribution in [-0.2, 0) is 4.79 Å². The number of anilines is 1. The lowest BCUT2D eigenvalue weighted by atomic mass is 9.88. The van der Waals surface area contributed by atoms with E-state index in [-0.39, 0.29) is 30.1 Å². The number of hydrogen-bond acceptors (Lipinski definition) is 4. The molecule has 7 heteroatoms. The summed E-state index contributed by atoms with van der Waals surface area (Å²) in [6.07, 6.45) is 5.15.